The van der Waals surface area contributed by atoms with Crippen molar-refractivity contribution in [2.24, 2.45) is 0 Å². The summed E-state index contributed by atoms with van der Waals surface area (Å²) in [5, 5.41) is 4.47. The molecule has 1 spiro atoms. The number of anilines is 1. The summed E-state index contributed by atoms with van der Waals surface area (Å²) in [5.41, 5.74) is 2.48. The van der Waals surface area contributed by atoms with E-state index < -0.39 is 11.0 Å². The van der Waals surface area contributed by atoms with Crippen LogP contribution in [0, 0.1) is 6.92 Å². The number of hydrogen-bond acceptors (Lipinski definition) is 4. The monoisotopic (exact) mass is 420 g/mol. The molecule has 2 aromatic heterocycles. The maximum absolute atomic E-state index is 13.9. The van der Waals surface area contributed by atoms with Crippen molar-refractivity contribution in [2.75, 3.05) is 5.32 Å². The molecule has 0 saturated heterocycles. The zero-order valence-corrected chi connectivity index (χ0v) is 17.0. The minimum atomic E-state index is -1.39. The topological polar surface area (TPSA) is 84.3 Å². The second kappa shape index (κ2) is 5.68. The lowest BCUT2D eigenvalue weighted by molar-refractivity contribution is -0.118. The molecule has 0 bridgehead atoms. The third kappa shape index (κ3) is 1.90. The molecule has 1 unspecified atom stereocenters. The highest BCUT2D eigenvalue weighted by atomic mass is 16.5. The van der Waals surface area contributed by atoms with Crippen LogP contribution < -0.4 is 15.7 Å². The summed E-state index contributed by atoms with van der Waals surface area (Å²) in [6, 6.07) is 20.7. The van der Waals surface area contributed by atoms with Crippen molar-refractivity contribution in [3.63, 3.8) is 0 Å². The molecule has 2 N–H and O–H groups in total. The number of benzene rings is 3. The molecule has 5 aromatic rings. The van der Waals surface area contributed by atoms with Crippen LogP contribution in [0.1, 0.15) is 22.3 Å². The summed E-state index contributed by atoms with van der Waals surface area (Å²) in [7, 11) is 0. The third-order valence-corrected chi connectivity index (χ3v) is 6.56. The van der Waals surface area contributed by atoms with Gasteiger partial charge in [0, 0.05) is 27.7 Å². The van der Waals surface area contributed by atoms with Crippen LogP contribution in [0.2, 0.25) is 0 Å². The summed E-state index contributed by atoms with van der Waals surface area (Å²) in [5.74, 6) is 0.510. The summed E-state index contributed by atoms with van der Waals surface area (Å²) >= 11 is 0. The van der Waals surface area contributed by atoms with E-state index in [1.165, 1.54) is 0 Å². The lowest BCUT2D eigenvalue weighted by Crippen LogP contribution is -2.43. The van der Waals surface area contributed by atoms with Crippen molar-refractivity contribution in [1.82, 2.24) is 4.98 Å². The molecule has 2 aliphatic rings. The number of para-hydroxylation sites is 2. The first-order chi connectivity index (χ1) is 15.6. The standard InChI is InChI=1S/C26H16N2O4/c1-13-10-11-18-16(12-13)26(25(30)28-18)20-14-6-2-4-8-17(14)27-23(20)32-22-15-7-3-5-9-19(15)31-24(29)21(22)26/h2-12,27H,1H3,(H,28,30). The van der Waals surface area contributed by atoms with Gasteiger partial charge in [-0.1, -0.05) is 48.0 Å². The molecule has 154 valence electrons. The first-order valence-corrected chi connectivity index (χ1v) is 10.4. The Morgan fingerprint density at radius 3 is 2.53 bits per heavy atom. The maximum Gasteiger partial charge on any atom is 0.345 e. The van der Waals surface area contributed by atoms with Crippen molar-refractivity contribution >= 4 is 33.5 Å². The second-order valence-electron chi connectivity index (χ2n) is 8.32. The fourth-order valence-corrected chi connectivity index (χ4v) is 5.26. The molecule has 3 aromatic carbocycles. The molecule has 6 nitrogen and oxygen atoms in total. The Balaban J connectivity index is 1.75. The number of ether oxygens (including phenoxy) is 1. The van der Waals surface area contributed by atoms with E-state index in [0.717, 1.165) is 22.0 Å². The van der Waals surface area contributed by atoms with Crippen molar-refractivity contribution in [3.05, 3.63) is 99.4 Å². The predicted molar refractivity (Wildman–Crippen MR) is 121 cm³/mol. The Hall–Kier alpha value is -4.32. The number of carbonyl (C=O) groups is 1. The van der Waals surface area contributed by atoms with Gasteiger partial charge in [-0.25, -0.2) is 4.79 Å². The molecule has 0 saturated carbocycles. The Bertz CT molecular complexity index is 1690. The number of rotatable bonds is 0. The molecule has 7 rings (SSSR count). The number of amides is 1. The number of aryl methyl sites for hydroxylation is 1. The average Bonchev–Trinajstić information content (AvgIpc) is 3.29. The number of aromatic amines is 1. The Kier molecular flexibility index (Phi) is 3.08. The van der Waals surface area contributed by atoms with Gasteiger partial charge in [0.1, 0.15) is 16.6 Å². The largest absolute Gasteiger partial charge is 0.439 e. The van der Waals surface area contributed by atoms with Gasteiger partial charge >= 0.3 is 5.63 Å². The number of aromatic nitrogens is 1. The molecule has 1 amide bonds. The average molecular weight is 420 g/mol. The summed E-state index contributed by atoms with van der Waals surface area (Å²) in [4.78, 5) is 30.7. The van der Waals surface area contributed by atoms with Crippen molar-refractivity contribution in [2.45, 2.75) is 12.3 Å². The van der Waals surface area contributed by atoms with Gasteiger partial charge in [0.25, 0.3) is 0 Å². The van der Waals surface area contributed by atoms with Crippen LogP contribution in [-0.4, -0.2) is 10.9 Å². The molecular formula is C26H16N2O4. The van der Waals surface area contributed by atoms with Crippen LogP contribution >= 0.6 is 0 Å². The highest BCUT2D eigenvalue weighted by Gasteiger charge is 2.58. The number of nitrogens with one attached hydrogen (secondary N) is 2. The van der Waals surface area contributed by atoms with E-state index in [4.69, 9.17) is 9.15 Å². The zero-order chi connectivity index (χ0) is 21.6. The quantitative estimate of drug-likeness (QED) is 0.346. The summed E-state index contributed by atoms with van der Waals surface area (Å²) < 4.78 is 12.1. The van der Waals surface area contributed by atoms with Gasteiger partial charge in [-0.05, 0) is 31.2 Å². The van der Waals surface area contributed by atoms with Gasteiger partial charge in [-0.2, -0.15) is 0 Å². The van der Waals surface area contributed by atoms with Crippen molar-refractivity contribution in [1.29, 1.82) is 0 Å². The van der Waals surface area contributed by atoms with E-state index >= 15 is 0 Å². The van der Waals surface area contributed by atoms with Crippen LogP contribution in [0.3, 0.4) is 0 Å². The number of H-pyrrole nitrogens is 1. The van der Waals surface area contributed by atoms with E-state index in [0.29, 0.717) is 33.8 Å². The Labute approximate surface area is 181 Å². The van der Waals surface area contributed by atoms with Crippen molar-refractivity contribution < 1.29 is 13.9 Å². The van der Waals surface area contributed by atoms with E-state index in [1.807, 2.05) is 61.5 Å². The molecule has 32 heavy (non-hydrogen) atoms. The molecule has 0 radical (unpaired) electrons. The summed E-state index contributed by atoms with van der Waals surface area (Å²) in [6.07, 6.45) is 0. The van der Waals surface area contributed by atoms with Gasteiger partial charge in [-0.3, -0.25) is 4.79 Å². The molecule has 4 heterocycles. The molecule has 1 atom stereocenters. The number of fused-ring (bicyclic) bond motifs is 10. The van der Waals surface area contributed by atoms with Gasteiger partial charge in [0.2, 0.25) is 11.8 Å². The normalized spacial score (nSPS) is 18.3. The van der Waals surface area contributed by atoms with Crippen LogP contribution in [0.4, 0.5) is 5.69 Å². The predicted octanol–water partition coefficient (Wildman–Crippen LogP) is 4.97. The minimum absolute atomic E-state index is 0.204. The third-order valence-electron chi connectivity index (χ3n) is 6.56. The fraction of sp³-hybridized carbons (Fsp3) is 0.0769. The SMILES string of the molecule is Cc1ccc2c(c1)C1(C(=O)N2)c2c(c3ccccc3oc2=O)Oc2[nH]c3ccccc3c21. The van der Waals surface area contributed by atoms with Crippen LogP contribution in [0.15, 0.2) is 75.9 Å². The van der Waals surface area contributed by atoms with Gasteiger partial charge in [0.15, 0.2) is 5.75 Å². The zero-order valence-electron chi connectivity index (χ0n) is 17.0. The van der Waals surface area contributed by atoms with Crippen LogP contribution in [0.25, 0.3) is 21.9 Å². The molecular weight excluding hydrogens is 404 g/mol. The van der Waals surface area contributed by atoms with E-state index in [1.54, 1.807) is 12.1 Å². The maximum atomic E-state index is 13.9. The van der Waals surface area contributed by atoms with Gasteiger partial charge < -0.3 is 19.5 Å². The first-order valence-electron chi connectivity index (χ1n) is 10.4. The van der Waals surface area contributed by atoms with Gasteiger partial charge in [-0.15, -0.1) is 0 Å². The number of carbonyl (C=O) groups excluding carboxylic acids is 1. The highest BCUT2D eigenvalue weighted by Crippen LogP contribution is 2.58. The van der Waals surface area contributed by atoms with Crippen molar-refractivity contribution in [3.8, 4) is 11.6 Å². The first kappa shape index (κ1) is 17.4. The van der Waals surface area contributed by atoms with E-state index in [9.17, 15) is 9.59 Å². The molecule has 0 aliphatic carbocycles. The molecule has 0 fully saturated rings. The van der Waals surface area contributed by atoms with Crippen LogP contribution in [-0.2, 0) is 10.2 Å². The Morgan fingerprint density at radius 2 is 1.66 bits per heavy atom. The van der Waals surface area contributed by atoms with Gasteiger partial charge in [0.05, 0.1) is 5.39 Å². The molecule has 2 aliphatic heterocycles. The highest BCUT2D eigenvalue weighted by molar-refractivity contribution is 6.15. The smallest absolute Gasteiger partial charge is 0.345 e. The fourth-order valence-electron chi connectivity index (χ4n) is 5.26. The Morgan fingerprint density at radius 1 is 0.875 bits per heavy atom. The number of hydrogen-bond donors (Lipinski definition) is 2. The second-order valence-corrected chi connectivity index (χ2v) is 8.32. The van der Waals surface area contributed by atoms with E-state index in [2.05, 4.69) is 10.3 Å². The van der Waals surface area contributed by atoms with Crippen LogP contribution in [0.5, 0.6) is 11.6 Å². The van der Waals surface area contributed by atoms with E-state index in [-0.39, 0.29) is 11.5 Å². The minimum Gasteiger partial charge on any atom is -0.439 e. The summed E-state index contributed by atoms with van der Waals surface area (Å²) in [6.45, 7) is 1.97. The molecule has 6 heteroatoms. The lowest BCUT2D eigenvalue weighted by Gasteiger charge is -2.33. The lowest BCUT2D eigenvalue weighted by atomic mass is 9.68.